The van der Waals surface area contributed by atoms with Crippen LogP contribution in [0.3, 0.4) is 0 Å². The largest absolute Gasteiger partial charge is 0.497 e. The van der Waals surface area contributed by atoms with E-state index < -0.39 is 34.5 Å². The third-order valence-electron chi connectivity index (χ3n) is 6.04. The van der Waals surface area contributed by atoms with Gasteiger partial charge < -0.3 is 15.0 Å². The first-order valence-corrected chi connectivity index (χ1v) is 13.5. The van der Waals surface area contributed by atoms with Gasteiger partial charge in [0.25, 0.3) is 0 Å². The number of hydrogen-bond acceptors (Lipinski definition) is 5. The van der Waals surface area contributed by atoms with E-state index in [1.54, 1.807) is 38.3 Å². The molecule has 0 radical (unpaired) electrons. The van der Waals surface area contributed by atoms with Crippen molar-refractivity contribution in [1.82, 2.24) is 14.5 Å². The van der Waals surface area contributed by atoms with Crippen LogP contribution in [0.5, 0.6) is 5.75 Å². The van der Waals surface area contributed by atoms with Crippen molar-refractivity contribution in [2.45, 2.75) is 52.2 Å². The summed E-state index contributed by atoms with van der Waals surface area (Å²) in [5.74, 6) is -1.14. The summed E-state index contributed by atoms with van der Waals surface area (Å²) in [7, 11) is -0.0916. The number of nitrogens with one attached hydrogen (secondary N) is 1. The van der Waals surface area contributed by atoms with Gasteiger partial charge in [0.05, 0.1) is 12.8 Å². The Balaban J connectivity index is 2.51. The van der Waals surface area contributed by atoms with Crippen molar-refractivity contribution in [2.75, 3.05) is 32.1 Å². The number of anilines is 1. The Morgan fingerprint density at radius 2 is 1.65 bits per heavy atom. The van der Waals surface area contributed by atoms with E-state index in [0.29, 0.717) is 18.6 Å². The van der Waals surface area contributed by atoms with Crippen molar-refractivity contribution >= 4 is 27.7 Å². The quantitative estimate of drug-likeness (QED) is 0.424. The fraction of sp³-hybridized carbons (Fsp3) is 0.462. The number of carbonyl (C=O) groups is 2. The average Bonchev–Trinajstić information content (AvgIpc) is 2.87. The molecule has 0 saturated carbocycles. The Morgan fingerprint density at radius 3 is 2.16 bits per heavy atom. The molecule has 11 heteroatoms. The summed E-state index contributed by atoms with van der Waals surface area (Å²) >= 11 is 0. The first-order valence-electron chi connectivity index (χ1n) is 12.1. The zero-order chi connectivity index (χ0) is 27.8. The number of benzene rings is 2. The van der Waals surface area contributed by atoms with Gasteiger partial charge in [0.1, 0.15) is 24.2 Å². The first kappa shape index (κ1) is 30.0. The molecular weight excluding hydrogens is 499 g/mol. The molecule has 0 aliphatic rings. The van der Waals surface area contributed by atoms with Gasteiger partial charge in [-0.25, -0.2) is 8.70 Å². The summed E-state index contributed by atoms with van der Waals surface area (Å²) in [4.78, 5) is 28.3. The summed E-state index contributed by atoms with van der Waals surface area (Å²) in [6.45, 7) is 4.93. The van der Waals surface area contributed by atoms with Crippen LogP contribution >= 0.6 is 0 Å². The SMILES string of the molecule is CC[C@H](C(=O)N[C@@H](C)CC)N(Cc1ccc(OC)cc1)C(=O)CN(c1ccccc1F)S(=O)(=O)N(C)C. The van der Waals surface area contributed by atoms with Gasteiger partial charge in [-0.2, -0.15) is 12.7 Å². The topological polar surface area (TPSA) is 99.3 Å². The minimum atomic E-state index is -4.24. The maximum Gasteiger partial charge on any atom is 0.304 e. The van der Waals surface area contributed by atoms with Gasteiger partial charge in [-0.3, -0.25) is 9.59 Å². The van der Waals surface area contributed by atoms with Crippen molar-refractivity contribution in [3.8, 4) is 5.75 Å². The lowest BCUT2D eigenvalue weighted by Gasteiger charge is -2.34. The van der Waals surface area contributed by atoms with Crippen LogP contribution in [0, 0.1) is 5.82 Å². The molecule has 9 nitrogen and oxygen atoms in total. The highest BCUT2D eigenvalue weighted by atomic mass is 32.2. The van der Waals surface area contributed by atoms with E-state index in [-0.39, 0.29) is 24.2 Å². The van der Waals surface area contributed by atoms with Crippen LogP contribution < -0.4 is 14.4 Å². The van der Waals surface area contributed by atoms with Gasteiger partial charge >= 0.3 is 10.2 Å². The molecule has 0 fully saturated rings. The van der Waals surface area contributed by atoms with Crippen molar-refractivity contribution in [3.63, 3.8) is 0 Å². The number of nitrogens with zero attached hydrogens (tertiary/aromatic N) is 3. The maximum atomic E-state index is 14.7. The molecule has 0 heterocycles. The highest BCUT2D eigenvalue weighted by Gasteiger charge is 2.34. The summed E-state index contributed by atoms with van der Waals surface area (Å²) in [6.07, 6.45) is 1.00. The van der Waals surface area contributed by atoms with Crippen molar-refractivity contribution in [1.29, 1.82) is 0 Å². The average molecular weight is 537 g/mol. The number of amides is 2. The molecule has 2 rings (SSSR count). The molecule has 2 aromatic rings. The standard InChI is InChI=1S/C26H37FN4O5S/c1-7-19(3)28-26(33)23(8-2)30(17-20-13-15-21(36-6)16-14-20)25(32)18-31(37(34,35)29(4)5)24-12-10-9-11-22(24)27/h9-16,19,23H,7-8,17-18H2,1-6H3,(H,28,33)/t19-,23+/m0/s1. The third kappa shape index (κ3) is 7.65. The predicted octanol–water partition coefficient (Wildman–Crippen LogP) is 3.17. The van der Waals surface area contributed by atoms with Gasteiger partial charge in [-0.05, 0) is 49.6 Å². The van der Waals surface area contributed by atoms with Gasteiger partial charge in [0.2, 0.25) is 11.8 Å². The molecular formula is C26H37FN4O5S. The van der Waals surface area contributed by atoms with Crippen LogP contribution in [0.15, 0.2) is 48.5 Å². The molecule has 2 amide bonds. The normalized spacial score (nSPS) is 13.1. The maximum absolute atomic E-state index is 14.7. The van der Waals surface area contributed by atoms with Crippen LogP contribution in [-0.2, 0) is 26.3 Å². The van der Waals surface area contributed by atoms with E-state index in [1.165, 1.54) is 37.2 Å². The molecule has 0 spiro atoms. The van der Waals surface area contributed by atoms with E-state index in [2.05, 4.69) is 5.32 Å². The molecule has 37 heavy (non-hydrogen) atoms. The van der Waals surface area contributed by atoms with Crippen molar-refractivity contribution in [3.05, 3.63) is 59.9 Å². The van der Waals surface area contributed by atoms with Gasteiger partial charge in [0, 0.05) is 26.7 Å². The predicted molar refractivity (Wildman–Crippen MR) is 142 cm³/mol. The molecule has 2 atom stereocenters. The Labute approximate surface area is 219 Å². The molecule has 0 unspecified atom stereocenters. The van der Waals surface area contributed by atoms with Gasteiger partial charge in [-0.15, -0.1) is 0 Å². The van der Waals surface area contributed by atoms with Crippen LogP contribution in [0.1, 0.15) is 39.2 Å². The molecule has 2 aromatic carbocycles. The Bertz CT molecular complexity index is 1160. The molecule has 1 N–H and O–H groups in total. The molecule has 0 bridgehead atoms. The first-order chi connectivity index (χ1) is 17.5. The Morgan fingerprint density at radius 1 is 1.03 bits per heavy atom. The summed E-state index contributed by atoms with van der Waals surface area (Å²) < 4.78 is 47.8. The minimum absolute atomic E-state index is 0.0440. The highest BCUT2D eigenvalue weighted by molar-refractivity contribution is 7.90. The van der Waals surface area contributed by atoms with E-state index in [9.17, 15) is 22.4 Å². The molecule has 204 valence electrons. The van der Waals surface area contributed by atoms with E-state index >= 15 is 0 Å². The number of ether oxygens (including phenoxy) is 1. The third-order valence-corrected chi connectivity index (χ3v) is 7.84. The summed E-state index contributed by atoms with van der Waals surface area (Å²) in [5.41, 5.74) is 0.461. The van der Waals surface area contributed by atoms with Crippen LogP contribution in [0.2, 0.25) is 0 Å². The molecule has 0 saturated heterocycles. The molecule has 0 aliphatic carbocycles. The lowest BCUT2D eigenvalue weighted by Crippen LogP contribution is -2.54. The second kappa shape index (κ2) is 13.4. The number of rotatable bonds is 13. The van der Waals surface area contributed by atoms with E-state index in [4.69, 9.17) is 4.74 Å². The summed E-state index contributed by atoms with van der Waals surface area (Å²) in [6, 6.07) is 11.4. The zero-order valence-corrected chi connectivity index (χ0v) is 23.1. The highest BCUT2D eigenvalue weighted by Crippen LogP contribution is 2.24. The second-order valence-electron chi connectivity index (χ2n) is 8.86. The smallest absolute Gasteiger partial charge is 0.304 e. The van der Waals surface area contributed by atoms with Crippen LogP contribution in [0.25, 0.3) is 0 Å². The second-order valence-corrected chi connectivity index (χ2v) is 10.9. The lowest BCUT2D eigenvalue weighted by atomic mass is 10.1. The van der Waals surface area contributed by atoms with Crippen LogP contribution in [-0.4, -0.2) is 69.3 Å². The molecule has 0 aliphatic heterocycles. The van der Waals surface area contributed by atoms with Gasteiger partial charge in [0.15, 0.2) is 0 Å². The van der Waals surface area contributed by atoms with Gasteiger partial charge in [-0.1, -0.05) is 38.1 Å². The number of carbonyl (C=O) groups excluding carboxylic acids is 2. The van der Waals surface area contributed by atoms with Crippen molar-refractivity contribution < 1.29 is 27.1 Å². The number of methoxy groups -OCH3 is 1. The fourth-order valence-corrected chi connectivity index (χ4v) is 4.71. The number of para-hydroxylation sites is 1. The molecule has 0 aromatic heterocycles. The Hall–Kier alpha value is -3.18. The summed E-state index contributed by atoms with van der Waals surface area (Å²) in [5, 5.41) is 2.91. The van der Waals surface area contributed by atoms with Crippen molar-refractivity contribution in [2.24, 2.45) is 0 Å². The van der Waals surface area contributed by atoms with Crippen LogP contribution in [0.4, 0.5) is 10.1 Å². The fourth-order valence-electron chi connectivity index (χ4n) is 3.64. The Kier molecular flexibility index (Phi) is 10.9. The monoisotopic (exact) mass is 536 g/mol. The van der Waals surface area contributed by atoms with E-state index in [0.717, 1.165) is 20.2 Å². The lowest BCUT2D eigenvalue weighted by molar-refractivity contribution is -0.140. The minimum Gasteiger partial charge on any atom is -0.497 e. The zero-order valence-electron chi connectivity index (χ0n) is 22.3. The number of hydrogen-bond donors (Lipinski definition) is 1. The number of halogens is 1. The van der Waals surface area contributed by atoms with E-state index in [1.807, 2.05) is 13.8 Å².